The van der Waals surface area contributed by atoms with Crippen LogP contribution in [-0.4, -0.2) is 15.9 Å². The Bertz CT molecular complexity index is 602. The van der Waals surface area contributed by atoms with Gasteiger partial charge < -0.3 is 5.32 Å². The molecule has 0 atom stereocenters. The van der Waals surface area contributed by atoms with Gasteiger partial charge in [-0.3, -0.25) is 4.79 Å². The summed E-state index contributed by atoms with van der Waals surface area (Å²) in [4.78, 5) is 18.7. The Labute approximate surface area is 102 Å². The molecule has 0 aliphatic carbocycles. The number of nitrogens with one attached hydrogen (secondary N) is 1. The van der Waals surface area contributed by atoms with Crippen LogP contribution in [0.25, 0.3) is 0 Å². The molecule has 0 spiro atoms. The van der Waals surface area contributed by atoms with Crippen LogP contribution in [0.4, 0.5) is 14.6 Å². The normalized spacial score (nSPS) is 10.2. The zero-order valence-corrected chi connectivity index (χ0v) is 9.45. The van der Waals surface area contributed by atoms with Gasteiger partial charge in [0, 0.05) is 12.4 Å². The Morgan fingerprint density at radius 2 is 1.94 bits per heavy atom. The zero-order chi connectivity index (χ0) is 13.1. The Balaban J connectivity index is 2.25. The Morgan fingerprint density at radius 3 is 2.67 bits per heavy atom. The lowest BCUT2D eigenvalue weighted by atomic mass is 10.2. The summed E-state index contributed by atoms with van der Waals surface area (Å²) in [7, 11) is 0. The maximum absolute atomic E-state index is 13.3. The number of aromatic nitrogens is 2. The van der Waals surface area contributed by atoms with Crippen LogP contribution in [-0.2, 0) is 0 Å². The van der Waals surface area contributed by atoms with Crippen LogP contribution in [0.1, 0.15) is 15.9 Å². The average Bonchev–Trinajstić information content (AvgIpc) is 2.32. The van der Waals surface area contributed by atoms with E-state index in [2.05, 4.69) is 15.3 Å². The summed E-state index contributed by atoms with van der Waals surface area (Å²) in [6.07, 6.45) is 2.53. The van der Waals surface area contributed by atoms with E-state index in [-0.39, 0.29) is 5.82 Å². The highest BCUT2D eigenvalue weighted by Crippen LogP contribution is 2.12. The van der Waals surface area contributed by atoms with Gasteiger partial charge in [0.25, 0.3) is 5.91 Å². The summed E-state index contributed by atoms with van der Waals surface area (Å²) in [5.74, 6) is -3.08. The molecule has 0 saturated carbocycles. The highest BCUT2D eigenvalue weighted by Gasteiger charge is 2.16. The van der Waals surface area contributed by atoms with Gasteiger partial charge in [0.15, 0.2) is 5.82 Å². The van der Waals surface area contributed by atoms with Gasteiger partial charge in [0.1, 0.15) is 5.82 Å². The molecular formula is C12H9F2N3O. The summed E-state index contributed by atoms with van der Waals surface area (Å²) in [5, 5.41) is 2.38. The van der Waals surface area contributed by atoms with Crippen LogP contribution in [0.2, 0.25) is 0 Å². The summed E-state index contributed by atoms with van der Waals surface area (Å²) in [5.41, 5.74) is 0.479. The Morgan fingerprint density at radius 1 is 1.22 bits per heavy atom. The number of amides is 1. The first-order valence-corrected chi connectivity index (χ1v) is 5.12. The average molecular weight is 249 g/mol. The fourth-order valence-corrected chi connectivity index (χ4v) is 1.38. The van der Waals surface area contributed by atoms with E-state index in [1.165, 1.54) is 6.20 Å². The topological polar surface area (TPSA) is 54.9 Å². The number of hydrogen-bond acceptors (Lipinski definition) is 3. The minimum atomic E-state index is -1.31. The van der Waals surface area contributed by atoms with Crippen LogP contribution >= 0.6 is 0 Å². The van der Waals surface area contributed by atoms with Crippen molar-refractivity contribution >= 4 is 11.7 Å². The van der Waals surface area contributed by atoms with E-state index in [0.29, 0.717) is 0 Å². The van der Waals surface area contributed by atoms with Crippen LogP contribution in [0, 0.1) is 18.7 Å². The number of rotatable bonds is 2. The molecule has 0 unspecified atom stereocenters. The molecule has 1 amide bonds. The van der Waals surface area contributed by atoms with E-state index in [1.807, 2.05) is 6.92 Å². The molecule has 2 aromatic rings. The molecule has 0 aliphatic rings. The quantitative estimate of drug-likeness (QED) is 0.831. The van der Waals surface area contributed by atoms with Crippen molar-refractivity contribution in [2.24, 2.45) is 0 Å². The van der Waals surface area contributed by atoms with Gasteiger partial charge in [-0.2, -0.15) is 4.39 Å². The molecule has 2 rings (SSSR count). The van der Waals surface area contributed by atoms with E-state index in [4.69, 9.17) is 0 Å². The first kappa shape index (κ1) is 12.1. The maximum Gasteiger partial charge on any atom is 0.260 e. The van der Waals surface area contributed by atoms with E-state index in [9.17, 15) is 13.6 Å². The Hall–Kier alpha value is -2.37. The number of carbonyl (C=O) groups is 1. The summed E-state index contributed by atoms with van der Waals surface area (Å²) < 4.78 is 26.2. The largest absolute Gasteiger partial charge is 0.306 e. The SMILES string of the molecule is Cc1ccnc(NC(=O)c2ccnc(F)c2F)c1. The highest BCUT2D eigenvalue weighted by atomic mass is 19.2. The van der Waals surface area contributed by atoms with Crippen LogP contribution in [0.15, 0.2) is 30.6 Å². The van der Waals surface area contributed by atoms with Gasteiger partial charge in [-0.15, -0.1) is 0 Å². The number of carbonyl (C=O) groups excluding carboxylic acids is 1. The van der Waals surface area contributed by atoms with Crippen molar-refractivity contribution in [1.29, 1.82) is 0 Å². The van der Waals surface area contributed by atoms with E-state index >= 15 is 0 Å². The van der Waals surface area contributed by atoms with E-state index < -0.39 is 23.2 Å². The van der Waals surface area contributed by atoms with Crippen molar-refractivity contribution in [2.75, 3.05) is 5.32 Å². The van der Waals surface area contributed by atoms with E-state index in [0.717, 1.165) is 17.8 Å². The molecule has 4 nitrogen and oxygen atoms in total. The van der Waals surface area contributed by atoms with Gasteiger partial charge in [-0.25, -0.2) is 14.4 Å². The van der Waals surface area contributed by atoms with Gasteiger partial charge >= 0.3 is 0 Å². The fraction of sp³-hybridized carbons (Fsp3) is 0.0833. The number of pyridine rings is 2. The second kappa shape index (κ2) is 4.87. The van der Waals surface area contributed by atoms with Crippen molar-refractivity contribution in [3.05, 3.63) is 53.5 Å². The van der Waals surface area contributed by atoms with Crippen molar-refractivity contribution in [3.63, 3.8) is 0 Å². The van der Waals surface area contributed by atoms with E-state index in [1.54, 1.807) is 12.1 Å². The molecule has 0 aromatic carbocycles. The highest BCUT2D eigenvalue weighted by molar-refractivity contribution is 6.03. The summed E-state index contributed by atoms with van der Waals surface area (Å²) >= 11 is 0. The van der Waals surface area contributed by atoms with Gasteiger partial charge in [0.2, 0.25) is 5.95 Å². The van der Waals surface area contributed by atoms with Crippen molar-refractivity contribution in [1.82, 2.24) is 9.97 Å². The minimum Gasteiger partial charge on any atom is -0.306 e. The molecule has 0 radical (unpaired) electrons. The van der Waals surface area contributed by atoms with Crippen LogP contribution in [0.5, 0.6) is 0 Å². The molecule has 2 heterocycles. The first-order valence-electron chi connectivity index (χ1n) is 5.12. The van der Waals surface area contributed by atoms with Crippen molar-refractivity contribution in [2.45, 2.75) is 6.92 Å². The zero-order valence-electron chi connectivity index (χ0n) is 9.45. The molecule has 92 valence electrons. The number of hydrogen-bond donors (Lipinski definition) is 1. The summed E-state index contributed by atoms with van der Waals surface area (Å²) in [6, 6.07) is 4.47. The number of anilines is 1. The fourth-order valence-electron chi connectivity index (χ4n) is 1.38. The number of halogens is 2. The molecule has 0 fully saturated rings. The monoisotopic (exact) mass is 249 g/mol. The lowest BCUT2D eigenvalue weighted by Crippen LogP contribution is -2.15. The minimum absolute atomic E-state index is 0.275. The van der Waals surface area contributed by atoms with Gasteiger partial charge in [0.05, 0.1) is 5.56 Å². The second-order valence-corrected chi connectivity index (χ2v) is 3.64. The predicted molar refractivity (Wildman–Crippen MR) is 61.1 cm³/mol. The molecular weight excluding hydrogens is 240 g/mol. The molecule has 1 N–H and O–H groups in total. The molecule has 0 bridgehead atoms. The molecule has 0 saturated heterocycles. The Kier molecular flexibility index (Phi) is 3.27. The third-order valence-corrected chi connectivity index (χ3v) is 2.25. The predicted octanol–water partition coefficient (Wildman–Crippen LogP) is 2.32. The summed E-state index contributed by atoms with van der Waals surface area (Å²) in [6.45, 7) is 1.82. The first-order chi connectivity index (χ1) is 8.58. The molecule has 6 heteroatoms. The van der Waals surface area contributed by atoms with Crippen molar-refractivity contribution in [3.8, 4) is 0 Å². The lowest BCUT2D eigenvalue weighted by Gasteiger charge is -2.05. The molecule has 2 aromatic heterocycles. The molecule has 0 aliphatic heterocycles. The third kappa shape index (κ3) is 2.48. The van der Waals surface area contributed by atoms with Crippen molar-refractivity contribution < 1.29 is 13.6 Å². The molecule has 18 heavy (non-hydrogen) atoms. The van der Waals surface area contributed by atoms with Crippen LogP contribution < -0.4 is 5.32 Å². The number of aryl methyl sites for hydroxylation is 1. The third-order valence-electron chi connectivity index (χ3n) is 2.25. The number of nitrogens with zero attached hydrogens (tertiary/aromatic N) is 2. The lowest BCUT2D eigenvalue weighted by molar-refractivity contribution is 0.102. The maximum atomic E-state index is 13.3. The van der Waals surface area contributed by atoms with Gasteiger partial charge in [-0.1, -0.05) is 0 Å². The standard InChI is InChI=1S/C12H9F2N3O/c1-7-2-4-15-9(6-7)17-12(18)8-3-5-16-11(14)10(8)13/h2-6H,1H3,(H,15,17,18). The van der Waals surface area contributed by atoms with Gasteiger partial charge in [-0.05, 0) is 30.7 Å². The second-order valence-electron chi connectivity index (χ2n) is 3.64. The van der Waals surface area contributed by atoms with Crippen LogP contribution in [0.3, 0.4) is 0 Å². The smallest absolute Gasteiger partial charge is 0.260 e.